The molecular formula is C45H80KN13O27. The summed E-state index contributed by atoms with van der Waals surface area (Å²) in [5.41, 5.74) is 15.0. The number of nitrogens with zero attached hydrogens (tertiary/aromatic N) is 5. The fourth-order valence-electron chi connectivity index (χ4n) is 9.31. The zero-order valence-electron chi connectivity index (χ0n) is 48.8. The summed E-state index contributed by atoms with van der Waals surface area (Å²) in [6, 6.07) is -0.891. The molecule has 0 bridgehead atoms. The summed E-state index contributed by atoms with van der Waals surface area (Å²) < 4.78 is 53.4. The van der Waals surface area contributed by atoms with E-state index in [0.29, 0.717) is 78.1 Å². The molecule has 488 valence electrons. The van der Waals surface area contributed by atoms with E-state index in [1.54, 1.807) is 20.8 Å². The Hall–Kier alpha value is -4.73. The van der Waals surface area contributed by atoms with Gasteiger partial charge in [0, 0.05) is 39.1 Å². The molecule has 40 nitrogen and oxygen atoms in total. The second kappa shape index (κ2) is 39.3. The molecule has 16 atom stereocenters. The van der Waals surface area contributed by atoms with Crippen LogP contribution in [0.15, 0.2) is 0 Å². The summed E-state index contributed by atoms with van der Waals surface area (Å²) in [7, 11) is 0. The number of carbonyl (C=O) groups excluding carboxylic acids is 4. The molecule has 8 aliphatic heterocycles. The average molecular weight is 1270 g/mol. The van der Waals surface area contributed by atoms with E-state index in [9.17, 15) is 54.8 Å². The molecule has 0 radical (unpaired) electrons. The number of aliphatic hydroxyl groups excluding tert-OH is 1. The van der Waals surface area contributed by atoms with Gasteiger partial charge < -0.3 is 121 Å². The van der Waals surface area contributed by atoms with Gasteiger partial charge in [0.05, 0.1) is 83.6 Å². The van der Waals surface area contributed by atoms with Gasteiger partial charge in [-0.2, -0.15) is 0 Å². The summed E-state index contributed by atoms with van der Waals surface area (Å²) in [5, 5.41) is 67.2. The number of carbonyl (C=O) groups is 3. The molecule has 0 spiro atoms. The number of rotatable bonds is 22. The first-order chi connectivity index (χ1) is 40.1. The molecule has 8 rings (SSSR count). The Kier molecular flexibility index (Phi) is 35.4. The molecule has 0 aromatic rings. The van der Waals surface area contributed by atoms with Crippen molar-refractivity contribution >= 4 is 24.2 Å². The summed E-state index contributed by atoms with van der Waals surface area (Å²) in [4.78, 5) is 100. The average Bonchev–Trinajstić information content (AvgIpc) is 3.18. The van der Waals surface area contributed by atoms with Crippen LogP contribution in [0.25, 0.3) is 5.41 Å². The zero-order valence-corrected chi connectivity index (χ0v) is 51.9. The maximum Gasteiger partial charge on any atom is 1.00 e. The number of isocyanates is 1. The van der Waals surface area contributed by atoms with E-state index < -0.39 is 80.3 Å². The van der Waals surface area contributed by atoms with Gasteiger partial charge in [-0.15, -0.1) is 40.5 Å². The predicted molar refractivity (Wildman–Crippen MR) is 281 cm³/mol. The van der Waals surface area contributed by atoms with Crippen LogP contribution in [0.4, 0.5) is 9.59 Å². The van der Waals surface area contributed by atoms with E-state index in [-0.39, 0.29) is 158 Å². The van der Waals surface area contributed by atoms with E-state index in [0.717, 1.165) is 0 Å². The van der Waals surface area contributed by atoms with Gasteiger partial charge in [-0.05, 0) is 60.6 Å². The first-order valence-electron chi connectivity index (χ1n) is 26.8. The third-order valence-corrected chi connectivity index (χ3v) is 12.5. The van der Waals surface area contributed by atoms with Gasteiger partial charge in [0.1, 0.15) is 60.0 Å². The first kappa shape index (κ1) is 77.4. The van der Waals surface area contributed by atoms with Crippen molar-refractivity contribution in [2.24, 2.45) is 17.2 Å². The van der Waals surface area contributed by atoms with E-state index in [4.69, 9.17) is 79.9 Å². The Morgan fingerprint density at radius 3 is 1.27 bits per heavy atom. The summed E-state index contributed by atoms with van der Waals surface area (Å²) in [5.74, 6) is -0.226. The minimum Gasteiger partial charge on any atom is -0.724 e. The number of nitrogens with one attached hydrogen (secondary N) is 5. The molecule has 41 heteroatoms. The van der Waals surface area contributed by atoms with Crippen LogP contribution in [0.2, 0.25) is 0 Å². The number of hydrogen-bond acceptors (Lipinski definition) is 32. The van der Waals surface area contributed by atoms with Crippen molar-refractivity contribution in [3.8, 4) is 0 Å². The topological polar surface area (TPSA) is 551 Å². The number of nitrogens with two attached hydrogens (primary N) is 3. The smallest absolute Gasteiger partial charge is 0.724 e. The number of hydrogen-bond donors (Lipinski definition) is 9. The molecule has 0 aliphatic carbocycles. The summed E-state index contributed by atoms with van der Waals surface area (Å²) >= 11 is 0. The molecule has 8 fully saturated rings. The number of ether oxygens (including phenoxy) is 10. The van der Waals surface area contributed by atoms with Crippen molar-refractivity contribution < 1.29 is 163 Å². The van der Waals surface area contributed by atoms with E-state index in [1.165, 1.54) is 0 Å². The van der Waals surface area contributed by atoms with Gasteiger partial charge in [0.25, 0.3) is 20.3 Å². The normalized spacial score (nSPS) is 30.2. The Labute approximate surface area is 535 Å². The quantitative estimate of drug-likeness (QED) is 0.00925. The predicted octanol–water partition coefficient (Wildman–Crippen LogP) is -7.21. The van der Waals surface area contributed by atoms with Gasteiger partial charge >= 0.3 is 69.5 Å². The number of primary amides is 1. The molecule has 8 aliphatic rings. The van der Waals surface area contributed by atoms with Crippen LogP contribution < -0.4 is 95.2 Å². The molecule has 8 heterocycles. The van der Waals surface area contributed by atoms with Gasteiger partial charge in [-0.25, -0.2) is 9.59 Å². The molecule has 0 aromatic carbocycles. The van der Waals surface area contributed by atoms with Crippen molar-refractivity contribution in [2.45, 2.75) is 163 Å². The van der Waals surface area contributed by atoms with Gasteiger partial charge in [-0.3, -0.25) is 9.59 Å². The van der Waals surface area contributed by atoms with Gasteiger partial charge in [-0.1, -0.05) is 0 Å². The van der Waals surface area contributed by atoms with Crippen molar-refractivity contribution in [2.75, 3.05) is 98.7 Å². The Balaban J connectivity index is 0.000000369. The Morgan fingerprint density at radius 2 is 0.907 bits per heavy atom. The molecule has 0 unspecified atom stereocenters. The fourth-order valence-corrected chi connectivity index (χ4v) is 9.31. The van der Waals surface area contributed by atoms with Crippen LogP contribution in [0, 0.1) is 40.5 Å². The number of esters is 1. The molecule has 3 amide bonds. The minimum atomic E-state index is -0.836. The number of urea groups is 1. The Morgan fingerprint density at radius 1 is 0.558 bits per heavy atom. The van der Waals surface area contributed by atoms with Gasteiger partial charge in [0.15, 0.2) is 24.4 Å². The van der Waals surface area contributed by atoms with E-state index in [1.807, 2.05) is 20.8 Å². The van der Waals surface area contributed by atoms with Crippen LogP contribution in [0.1, 0.15) is 54.4 Å². The van der Waals surface area contributed by atoms with Crippen molar-refractivity contribution in [3.63, 3.8) is 0 Å². The monoisotopic (exact) mass is 1270 g/mol. The van der Waals surface area contributed by atoms with Crippen LogP contribution in [-0.4, -0.2) is 257 Å². The fraction of sp³-hybridized carbons (Fsp3) is 0.911. The second-order valence-corrected chi connectivity index (χ2v) is 21.2. The number of alkyl carbamates (subject to hydrolysis) is 1. The van der Waals surface area contributed by atoms with Crippen molar-refractivity contribution in [3.05, 3.63) is 45.9 Å². The van der Waals surface area contributed by atoms with Crippen LogP contribution >= 0.6 is 0 Å². The third-order valence-electron chi connectivity index (χ3n) is 12.5. The molecule has 8 saturated heterocycles. The van der Waals surface area contributed by atoms with Crippen LogP contribution in [0.3, 0.4) is 0 Å². The second-order valence-electron chi connectivity index (χ2n) is 21.2. The van der Waals surface area contributed by atoms with Crippen molar-refractivity contribution in [1.82, 2.24) is 26.6 Å². The maximum absolute atomic E-state index is 11.6. The number of aliphatic hydroxyl groups is 1. The molecule has 0 saturated carbocycles. The van der Waals surface area contributed by atoms with Crippen LogP contribution in [0.5, 0.6) is 0 Å². The SMILES string of the molecule is CC(C)(C)OC(=O)CCCN[C@@H]1CO[C@H]2[C@@H]1OC[C@@H]2O[N+](=O)[O-].CC(C)(C)OC(=O)NCCO.NC(=O)NCCN[C@@H]1CO[C@H]2[C@@H]1OC[C@@H]2O[N+](=O)[O-].NCCN[C@@H]1CO[C@H]2[C@@H]1OC[C@@H]2O[N+](=O)[O-].N[C@@H]1CO[C@H]2[C@@H]1OC[C@@H]2O[N+](=O)[O-].[K+].[N-]=C=O. The van der Waals surface area contributed by atoms with E-state index in [2.05, 4.69) is 45.9 Å². The maximum atomic E-state index is 11.6. The largest absolute Gasteiger partial charge is 1.00 e. The zero-order chi connectivity index (χ0) is 63.4. The molecular weight excluding hydrogens is 1190 g/mol. The summed E-state index contributed by atoms with van der Waals surface area (Å²) in [6.07, 6.45) is -4.24. The van der Waals surface area contributed by atoms with Crippen LogP contribution in [-0.2, 0) is 76.3 Å². The van der Waals surface area contributed by atoms with E-state index >= 15 is 0 Å². The standard InChI is InChI=1S/C14H24N2O7.C9H16N4O6.C8H15N3O5.C7H15NO3.C6H10N2O5.CNO.K/c1-14(2,3)22-11(17)5-4-6-15-9-7-20-13-10(23-16(18)19)8-21-12(9)13;10-9(14)12-2-1-11-5-3-17-8-6(19-13(15)16)4-18-7(5)8;9-1-2-10-5-3-14-8-6(16-11(12)13)4-15-7(5)8;1-7(2,3)11-6(10)8-4-5-9;7-3-1-11-6-4(13-8(9)10)2-12-5(3)6;2-1-3;/h9-10,12-13,15H,4-8H2,1-3H3;5-8,11H,1-4H2,(H3,10,12,14);5-8,10H,1-4,9H2;9H,4-5H2,1-3H3,(H,8,10);3-6H,1-2,7H2;;/q;;;;;-1;+1/t9-,10+,12-,13-;2*5-,6+,7-,8-;;3-,4+,5-,6-;;/m111.1../s1. The first-order valence-corrected chi connectivity index (χ1v) is 26.8. The summed E-state index contributed by atoms with van der Waals surface area (Å²) in [6.45, 7) is 16.0. The molecule has 86 heavy (non-hydrogen) atoms. The number of amides is 3. The van der Waals surface area contributed by atoms with Crippen molar-refractivity contribution in [1.29, 1.82) is 0 Å². The molecule has 12 N–H and O–H groups in total. The number of fused-ring (bicyclic) bond motifs is 4. The third kappa shape index (κ3) is 28.2. The minimum absolute atomic E-state index is 0. The molecule has 0 aromatic heterocycles. The Bertz CT molecular complexity index is 2140. The van der Waals surface area contributed by atoms with Gasteiger partial charge in [0.2, 0.25) is 0 Å².